The number of carboxylic acid groups (broad SMARTS) is 1. The summed E-state index contributed by atoms with van der Waals surface area (Å²) in [4.78, 5) is 47.3. The number of nitrogens with one attached hydrogen (secondary N) is 1. The van der Waals surface area contributed by atoms with E-state index < -0.39 is 41.4 Å². The van der Waals surface area contributed by atoms with E-state index in [2.05, 4.69) is 5.32 Å². The zero-order valence-corrected chi connectivity index (χ0v) is 13.3. The Kier molecular flexibility index (Phi) is 5.35. The van der Waals surface area contributed by atoms with E-state index in [1.807, 2.05) is 0 Å². The molecule has 0 saturated carbocycles. The van der Waals surface area contributed by atoms with Gasteiger partial charge in [0.2, 0.25) is 5.91 Å². The van der Waals surface area contributed by atoms with E-state index >= 15 is 0 Å². The van der Waals surface area contributed by atoms with Gasteiger partial charge in [-0.1, -0.05) is 12.1 Å². The Morgan fingerprint density at radius 2 is 1.96 bits per heavy atom. The summed E-state index contributed by atoms with van der Waals surface area (Å²) in [6.45, 7) is 0.700. The molecule has 7 nitrogen and oxygen atoms in total. The average molecular weight is 352 g/mol. The molecule has 0 spiro atoms. The lowest BCUT2D eigenvalue weighted by Crippen LogP contribution is -2.45. The molecule has 126 valence electrons. The summed E-state index contributed by atoms with van der Waals surface area (Å²) in [5.74, 6) is -3.07. The van der Waals surface area contributed by atoms with Crippen LogP contribution < -0.4 is 5.32 Å². The first-order chi connectivity index (χ1) is 11.3. The molecule has 2 rings (SSSR count). The smallest absolute Gasteiger partial charge is 0.325 e. The van der Waals surface area contributed by atoms with Crippen LogP contribution in [0.5, 0.6) is 0 Å². The zero-order valence-electron chi connectivity index (χ0n) is 12.5. The van der Waals surface area contributed by atoms with Crippen LogP contribution in [0.1, 0.15) is 12.5 Å². The Balaban J connectivity index is 2.07. The molecule has 24 heavy (non-hydrogen) atoms. The maximum Gasteiger partial charge on any atom is 0.325 e. The molecule has 0 aliphatic carbocycles. The van der Waals surface area contributed by atoms with Gasteiger partial charge in [-0.2, -0.15) is 0 Å². The summed E-state index contributed by atoms with van der Waals surface area (Å²) < 4.78 is 12.9. The van der Waals surface area contributed by atoms with E-state index in [1.165, 1.54) is 37.3 Å². The first kappa shape index (κ1) is 17.7. The highest BCUT2D eigenvalue weighted by molar-refractivity contribution is 8.18. The van der Waals surface area contributed by atoms with Crippen molar-refractivity contribution in [2.24, 2.45) is 0 Å². The number of hydrogen-bond acceptors (Lipinski definition) is 5. The number of thioether (sulfide) groups is 1. The topological polar surface area (TPSA) is 104 Å². The second-order valence-electron chi connectivity index (χ2n) is 4.95. The van der Waals surface area contributed by atoms with Crippen LogP contribution in [0.25, 0.3) is 6.08 Å². The summed E-state index contributed by atoms with van der Waals surface area (Å²) in [7, 11) is 0. The van der Waals surface area contributed by atoms with Crippen molar-refractivity contribution in [1.82, 2.24) is 10.2 Å². The number of rotatable bonds is 5. The van der Waals surface area contributed by atoms with Gasteiger partial charge in [0.25, 0.3) is 11.1 Å². The van der Waals surface area contributed by atoms with Gasteiger partial charge in [0.1, 0.15) is 18.4 Å². The Morgan fingerprint density at radius 3 is 2.54 bits per heavy atom. The summed E-state index contributed by atoms with van der Waals surface area (Å²) in [6.07, 6.45) is 1.42. The molecule has 2 N–H and O–H groups in total. The van der Waals surface area contributed by atoms with E-state index in [-0.39, 0.29) is 4.91 Å². The van der Waals surface area contributed by atoms with Gasteiger partial charge in [-0.25, -0.2) is 4.39 Å². The lowest BCUT2D eigenvalue weighted by Gasteiger charge is -2.14. The van der Waals surface area contributed by atoms with Gasteiger partial charge in [0.05, 0.1) is 4.91 Å². The minimum absolute atomic E-state index is 0.102. The summed E-state index contributed by atoms with van der Waals surface area (Å²) in [5.41, 5.74) is 0.533. The Bertz CT molecular complexity index is 732. The van der Waals surface area contributed by atoms with Gasteiger partial charge in [0.15, 0.2) is 0 Å². The largest absolute Gasteiger partial charge is 0.480 e. The number of amides is 3. The normalized spacial score (nSPS) is 17.2. The van der Waals surface area contributed by atoms with Crippen LogP contribution in [0.15, 0.2) is 29.2 Å². The van der Waals surface area contributed by atoms with Gasteiger partial charge in [-0.15, -0.1) is 0 Å². The molecule has 1 aromatic rings. The van der Waals surface area contributed by atoms with Crippen molar-refractivity contribution in [2.45, 2.75) is 13.0 Å². The van der Waals surface area contributed by atoms with Crippen LogP contribution in [-0.4, -0.2) is 45.6 Å². The van der Waals surface area contributed by atoms with Crippen LogP contribution in [0, 0.1) is 5.82 Å². The highest BCUT2D eigenvalue weighted by Crippen LogP contribution is 2.31. The van der Waals surface area contributed by atoms with Gasteiger partial charge in [0, 0.05) is 0 Å². The van der Waals surface area contributed by atoms with Crippen molar-refractivity contribution in [2.75, 3.05) is 6.54 Å². The van der Waals surface area contributed by atoms with E-state index in [0.29, 0.717) is 17.3 Å². The number of imide groups is 1. The van der Waals surface area contributed by atoms with Crippen molar-refractivity contribution in [3.8, 4) is 0 Å². The number of benzene rings is 1. The zero-order chi connectivity index (χ0) is 17.9. The quantitative estimate of drug-likeness (QED) is 0.778. The number of carbonyl (C=O) groups excluding carboxylic acids is 3. The highest BCUT2D eigenvalue weighted by Gasteiger charge is 2.36. The fourth-order valence-corrected chi connectivity index (χ4v) is 2.68. The maximum atomic E-state index is 12.9. The van der Waals surface area contributed by atoms with Crippen molar-refractivity contribution < 1.29 is 28.7 Å². The molecule has 0 radical (unpaired) electrons. The molecule has 1 aliphatic rings. The van der Waals surface area contributed by atoms with E-state index in [9.17, 15) is 23.6 Å². The van der Waals surface area contributed by atoms with E-state index in [0.717, 1.165) is 4.90 Å². The lowest BCUT2D eigenvalue weighted by molar-refractivity contribution is -0.141. The molecular formula is C15H13FN2O5S. The van der Waals surface area contributed by atoms with Crippen molar-refractivity contribution in [3.05, 3.63) is 40.6 Å². The molecule has 0 aromatic heterocycles. The molecule has 9 heteroatoms. The predicted molar refractivity (Wildman–Crippen MR) is 84.3 cm³/mol. The van der Waals surface area contributed by atoms with E-state index in [4.69, 9.17) is 5.11 Å². The fraction of sp³-hybridized carbons (Fsp3) is 0.200. The summed E-state index contributed by atoms with van der Waals surface area (Å²) >= 11 is 0.656. The first-order valence-electron chi connectivity index (χ1n) is 6.81. The van der Waals surface area contributed by atoms with Crippen LogP contribution >= 0.6 is 11.8 Å². The van der Waals surface area contributed by atoms with Crippen molar-refractivity contribution in [3.63, 3.8) is 0 Å². The minimum atomic E-state index is -1.23. The predicted octanol–water partition coefficient (Wildman–Crippen LogP) is 1.45. The Labute approximate surface area is 140 Å². The highest BCUT2D eigenvalue weighted by atomic mass is 32.2. The average Bonchev–Trinajstić information content (AvgIpc) is 2.77. The number of carboxylic acids is 1. The van der Waals surface area contributed by atoms with Crippen molar-refractivity contribution >= 4 is 40.9 Å². The third-order valence-electron chi connectivity index (χ3n) is 3.09. The molecule has 1 aliphatic heterocycles. The Morgan fingerprint density at radius 1 is 1.33 bits per heavy atom. The molecule has 3 amide bonds. The first-order valence-corrected chi connectivity index (χ1v) is 7.62. The van der Waals surface area contributed by atoms with Crippen LogP contribution in [0.2, 0.25) is 0 Å². The minimum Gasteiger partial charge on any atom is -0.480 e. The standard InChI is InChI=1S/C15H13FN2O5S/c1-8(14(21)22)17-12(19)7-18-13(20)11(24-15(18)23)6-9-2-4-10(16)5-3-9/h2-6,8H,7H2,1H3,(H,17,19)(H,21,22)/b11-6-. The lowest BCUT2D eigenvalue weighted by atomic mass is 10.2. The van der Waals surface area contributed by atoms with Gasteiger partial charge >= 0.3 is 5.97 Å². The van der Waals surface area contributed by atoms with E-state index in [1.54, 1.807) is 0 Å². The molecule has 1 atom stereocenters. The molecule has 1 heterocycles. The molecule has 0 bridgehead atoms. The number of hydrogen-bond donors (Lipinski definition) is 2. The molecule has 1 saturated heterocycles. The van der Waals surface area contributed by atoms with Gasteiger partial charge in [-0.3, -0.25) is 24.1 Å². The number of aliphatic carboxylic acids is 1. The van der Waals surface area contributed by atoms with Crippen LogP contribution in [0.3, 0.4) is 0 Å². The monoisotopic (exact) mass is 352 g/mol. The summed E-state index contributed by atoms with van der Waals surface area (Å²) in [6, 6.07) is 4.20. The SMILES string of the molecule is CC(NC(=O)CN1C(=O)S/C(=C\c2ccc(F)cc2)C1=O)C(=O)O. The van der Waals surface area contributed by atoms with Gasteiger partial charge in [-0.05, 0) is 42.5 Å². The van der Waals surface area contributed by atoms with Crippen molar-refractivity contribution in [1.29, 1.82) is 0 Å². The second-order valence-corrected chi connectivity index (χ2v) is 5.94. The Hall–Kier alpha value is -2.68. The molecule has 1 fully saturated rings. The number of carbonyl (C=O) groups is 4. The molecule has 1 unspecified atom stereocenters. The molecular weight excluding hydrogens is 339 g/mol. The maximum absolute atomic E-state index is 12.9. The molecule has 1 aromatic carbocycles. The summed E-state index contributed by atoms with van der Waals surface area (Å²) in [5, 5.41) is 10.2. The van der Waals surface area contributed by atoms with Crippen LogP contribution in [-0.2, 0) is 14.4 Å². The third-order valence-corrected chi connectivity index (χ3v) is 4.00. The van der Waals surface area contributed by atoms with Crippen LogP contribution in [0.4, 0.5) is 9.18 Å². The third kappa shape index (κ3) is 4.19. The second kappa shape index (κ2) is 7.26. The number of nitrogens with zero attached hydrogens (tertiary/aromatic N) is 1. The fourth-order valence-electron chi connectivity index (χ4n) is 1.84. The van der Waals surface area contributed by atoms with Gasteiger partial charge < -0.3 is 10.4 Å². The number of halogens is 1.